The quantitative estimate of drug-likeness (QED) is 0.463. The molecule has 0 bridgehead atoms. The van der Waals surface area contributed by atoms with E-state index in [9.17, 15) is 5.11 Å². The molecular weight excluding hydrogens is 396 g/mol. The molecule has 0 aromatic rings. The van der Waals surface area contributed by atoms with Crippen LogP contribution in [0.25, 0.3) is 0 Å². The molecule has 6 heteroatoms. The van der Waals surface area contributed by atoms with Crippen LogP contribution in [0.15, 0.2) is 23.8 Å². The van der Waals surface area contributed by atoms with Gasteiger partial charge in [-0.05, 0) is 43.1 Å². The van der Waals surface area contributed by atoms with E-state index in [0.29, 0.717) is 24.2 Å². The molecule has 180 valence electrons. The highest BCUT2D eigenvalue weighted by Gasteiger charge is 2.48. The summed E-state index contributed by atoms with van der Waals surface area (Å²) in [4.78, 5) is 0. The molecule has 0 amide bonds. The highest BCUT2D eigenvalue weighted by Crippen LogP contribution is 2.49. The van der Waals surface area contributed by atoms with E-state index in [1.807, 2.05) is 19.1 Å². The van der Waals surface area contributed by atoms with Gasteiger partial charge in [-0.15, -0.1) is 0 Å². The number of aliphatic hydroxyl groups is 1. The Bertz CT molecular complexity index is 587. The van der Waals surface area contributed by atoms with Crippen LogP contribution >= 0.6 is 0 Å². The third-order valence-corrected chi connectivity index (χ3v) is 7.28. The van der Waals surface area contributed by atoms with Gasteiger partial charge in [-0.3, -0.25) is 0 Å². The number of aliphatic hydroxyl groups excluding tert-OH is 1. The van der Waals surface area contributed by atoms with Crippen molar-refractivity contribution in [3.8, 4) is 0 Å². The largest absolute Gasteiger partial charge is 0.392 e. The third-order valence-electron chi connectivity index (χ3n) is 7.28. The van der Waals surface area contributed by atoms with E-state index >= 15 is 0 Å². The van der Waals surface area contributed by atoms with Crippen molar-refractivity contribution in [3.05, 3.63) is 23.8 Å². The molecule has 0 aromatic heterocycles. The minimum Gasteiger partial charge on any atom is -0.392 e. The fourth-order valence-corrected chi connectivity index (χ4v) is 5.08. The molecule has 10 atom stereocenters. The standard InChI is InChI=1S/C25H44O6/c1-9-20(27-5)17(4)18-13-19(18)23(26)15(2)11-10-12-16(3)24-25(30-8)21(28-6)14-22(29-7)31-24/h10-12,15,17-26H,9,13-14H2,1-8H3/b11-10+,16-12+/t15-,17-,18+,19-,20-,21-,22+,23+,24+,25+/m0/s1. The van der Waals surface area contributed by atoms with Crippen molar-refractivity contribution in [2.45, 2.75) is 83.8 Å². The van der Waals surface area contributed by atoms with Crippen molar-refractivity contribution in [1.29, 1.82) is 0 Å². The first kappa shape index (κ1) is 26.5. The van der Waals surface area contributed by atoms with Gasteiger partial charge in [-0.1, -0.05) is 39.0 Å². The van der Waals surface area contributed by atoms with E-state index in [2.05, 4.69) is 26.8 Å². The van der Waals surface area contributed by atoms with Gasteiger partial charge in [-0.2, -0.15) is 0 Å². The lowest BCUT2D eigenvalue weighted by molar-refractivity contribution is -0.241. The Kier molecular flexibility index (Phi) is 10.7. The smallest absolute Gasteiger partial charge is 0.160 e. The van der Waals surface area contributed by atoms with Gasteiger partial charge >= 0.3 is 0 Å². The van der Waals surface area contributed by atoms with Gasteiger partial charge in [0.05, 0.1) is 18.3 Å². The van der Waals surface area contributed by atoms with Crippen molar-refractivity contribution in [2.75, 3.05) is 28.4 Å². The van der Waals surface area contributed by atoms with Crippen molar-refractivity contribution < 1.29 is 28.8 Å². The maximum atomic E-state index is 10.8. The summed E-state index contributed by atoms with van der Waals surface area (Å²) in [5.41, 5.74) is 1.04. The SMILES string of the molecule is CC[C@H](OC)[C@@H](C)[C@H]1C[C@@H]1[C@H](O)[C@@H](C)/C=C/C=C(\C)[C@H]1O[C@@H](OC)C[C@H](OC)[C@H]1OC. The topological polar surface area (TPSA) is 66.4 Å². The van der Waals surface area contributed by atoms with E-state index in [0.717, 1.165) is 18.4 Å². The van der Waals surface area contributed by atoms with E-state index in [-0.39, 0.29) is 42.7 Å². The van der Waals surface area contributed by atoms with Crippen LogP contribution in [0.1, 0.15) is 47.0 Å². The van der Waals surface area contributed by atoms with Crippen molar-refractivity contribution in [3.63, 3.8) is 0 Å². The molecule has 1 aliphatic carbocycles. The van der Waals surface area contributed by atoms with E-state index in [1.165, 1.54) is 0 Å². The summed E-state index contributed by atoms with van der Waals surface area (Å²) >= 11 is 0. The molecule has 0 spiro atoms. The average molecular weight is 441 g/mol. The van der Waals surface area contributed by atoms with E-state index in [1.54, 1.807) is 28.4 Å². The number of hydrogen-bond acceptors (Lipinski definition) is 6. The zero-order chi connectivity index (χ0) is 23.1. The lowest BCUT2D eigenvalue weighted by Gasteiger charge is -2.40. The minimum absolute atomic E-state index is 0.0813. The molecule has 2 fully saturated rings. The maximum absolute atomic E-state index is 10.8. The Balaban J connectivity index is 1.96. The van der Waals surface area contributed by atoms with E-state index in [4.69, 9.17) is 23.7 Å². The van der Waals surface area contributed by atoms with Crippen LogP contribution in [0.2, 0.25) is 0 Å². The Morgan fingerprint density at radius 2 is 1.77 bits per heavy atom. The summed E-state index contributed by atoms with van der Waals surface area (Å²) in [5.74, 6) is 1.46. The van der Waals surface area contributed by atoms with Gasteiger partial charge in [0.25, 0.3) is 0 Å². The third kappa shape index (κ3) is 6.62. The number of methoxy groups -OCH3 is 4. The van der Waals surface area contributed by atoms with Crippen LogP contribution in [-0.2, 0) is 23.7 Å². The Morgan fingerprint density at radius 1 is 1.06 bits per heavy atom. The first-order chi connectivity index (χ1) is 14.8. The number of rotatable bonds is 12. The maximum Gasteiger partial charge on any atom is 0.160 e. The lowest BCUT2D eigenvalue weighted by atomic mass is 9.91. The van der Waals surface area contributed by atoms with Gasteiger partial charge < -0.3 is 28.8 Å². The molecule has 1 N–H and O–H groups in total. The zero-order valence-electron chi connectivity index (χ0n) is 20.6. The molecule has 1 aliphatic heterocycles. The fraction of sp³-hybridized carbons (Fsp3) is 0.840. The Hall–Kier alpha value is -0.760. The van der Waals surface area contributed by atoms with Crippen LogP contribution in [0, 0.1) is 23.7 Å². The zero-order valence-corrected chi connectivity index (χ0v) is 20.6. The normalized spacial score (nSPS) is 35.7. The summed E-state index contributed by atoms with van der Waals surface area (Å²) < 4.78 is 28.4. The highest BCUT2D eigenvalue weighted by atomic mass is 16.7. The number of hydrogen-bond donors (Lipinski definition) is 1. The summed E-state index contributed by atoms with van der Waals surface area (Å²) in [7, 11) is 6.80. The lowest BCUT2D eigenvalue weighted by Crippen LogP contribution is -2.51. The molecule has 1 saturated heterocycles. The van der Waals surface area contributed by atoms with Crippen molar-refractivity contribution >= 4 is 0 Å². The monoisotopic (exact) mass is 440 g/mol. The van der Waals surface area contributed by atoms with Gasteiger partial charge in [0.2, 0.25) is 0 Å². The van der Waals surface area contributed by atoms with Crippen LogP contribution in [-0.4, -0.2) is 70.4 Å². The molecule has 6 nitrogen and oxygen atoms in total. The minimum atomic E-state index is -0.333. The first-order valence-electron chi connectivity index (χ1n) is 11.6. The second-order valence-corrected chi connectivity index (χ2v) is 9.18. The molecule has 1 saturated carbocycles. The van der Waals surface area contributed by atoms with Crippen molar-refractivity contribution in [1.82, 2.24) is 0 Å². The van der Waals surface area contributed by atoms with Crippen LogP contribution in [0.4, 0.5) is 0 Å². The second-order valence-electron chi connectivity index (χ2n) is 9.18. The summed E-state index contributed by atoms with van der Waals surface area (Å²) in [6.07, 6.45) is 7.96. The number of ether oxygens (including phenoxy) is 5. The van der Waals surface area contributed by atoms with Gasteiger partial charge in [0.15, 0.2) is 6.29 Å². The summed E-state index contributed by atoms with van der Waals surface area (Å²) in [6.45, 7) is 8.51. The summed E-state index contributed by atoms with van der Waals surface area (Å²) in [5, 5.41) is 10.8. The predicted octanol–water partition coefficient (Wildman–Crippen LogP) is 3.97. The highest BCUT2D eigenvalue weighted by molar-refractivity contribution is 5.18. The predicted molar refractivity (Wildman–Crippen MR) is 122 cm³/mol. The Morgan fingerprint density at radius 3 is 2.32 bits per heavy atom. The molecular formula is C25H44O6. The van der Waals surface area contributed by atoms with Crippen LogP contribution < -0.4 is 0 Å². The van der Waals surface area contributed by atoms with Gasteiger partial charge in [-0.25, -0.2) is 0 Å². The molecule has 0 aromatic carbocycles. The molecule has 2 rings (SSSR count). The van der Waals surface area contributed by atoms with Crippen molar-refractivity contribution in [2.24, 2.45) is 23.7 Å². The first-order valence-corrected chi connectivity index (χ1v) is 11.6. The number of allylic oxidation sites excluding steroid dienone is 2. The van der Waals surface area contributed by atoms with Gasteiger partial charge in [0, 0.05) is 40.8 Å². The van der Waals surface area contributed by atoms with Gasteiger partial charge in [0.1, 0.15) is 12.2 Å². The average Bonchev–Trinajstić information content (AvgIpc) is 3.58. The molecule has 0 radical (unpaired) electrons. The molecule has 31 heavy (non-hydrogen) atoms. The van der Waals surface area contributed by atoms with Crippen LogP contribution in [0.3, 0.4) is 0 Å². The fourth-order valence-electron chi connectivity index (χ4n) is 5.08. The second kappa shape index (κ2) is 12.5. The molecule has 1 heterocycles. The Labute approximate surface area is 188 Å². The molecule has 2 aliphatic rings. The van der Waals surface area contributed by atoms with Crippen LogP contribution in [0.5, 0.6) is 0 Å². The molecule has 0 unspecified atom stereocenters. The summed E-state index contributed by atoms with van der Waals surface area (Å²) in [6, 6.07) is 0. The van der Waals surface area contributed by atoms with E-state index < -0.39 is 0 Å².